The van der Waals surface area contributed by atoms with E-state index in [0.717, 1.165) is 12.0 Å². The first-order chi connectivity index (χ1) is 9.28. The van der Waals surface area contributed by atoms with Crippen LogP contribution in [0, 0.1) is 6.92 Å². The van der Waals surface area contributed by atoms with Gasteiger partial charge in [0.1, 0.15) is 12.0 Å². The van der Waals surface area contributed by atoms with Gasteiger partial charge in [0.2, 0.25) is 0 Å². The Hall–Kier alpha value is -1.82. The van der Waals surface area contributed by atoms with E-state index in [4.69, 9.17) is 9.15 Å². The van der Waals surface area contributed by atoms with Gasteiger partial charge < -0.3 is 13.9 Å². The Labute approximate surface area is 115 Å². The maximum absolute atomic E-state index is 10.2. The average Bonchev–Trinajstić information content (AvgIpc) is 2.86. The Morgan fingerprint density at radius 1 is 1.32 bits per heavy atom. The van der Waals surface area contributed by atoms with Crippen LogP contribution in [-0.4, -0.2) is 22.2 Å². The van der Waals surface area contributed by atoms with Crippen LogP contribution in [0.1, 0.15) is 17.9 Å². The Kier molecular flexibility index (Phi) is 4.97. The van der Waals surface area contributed by atoms with E-state index in [0.29, 0.717) is 23.3 Å². The average molecular weight is 278 g/mol. The number of benzene rings is 1. The third kappa shape index (κ3) is 4.40. The molecule has 1 aromatic heterocycles. The number of aromatic nitrogens is 2. The van der Waals surface area contributed by atoms with Crippen molar-refractivity contribution in [2.45, 2.75) is 25.2 Å². The van der Waals surface area contributed by atoms with Gasteiger partial charge in [-0.3, -0.25) is 0 Å². The minimum absolute atomic E-state index is 0.240. The Balaban J connectivity index is 1.82. The normalized spacial score (nSPS) is 10.4. The van der Waals surface area contributed by atoms with Crippen molar-refractivity contribution in [1.29, 1.82) is 0 Å². The molecule has 0 fully saturated rings. The van der Waals surface area contributed by atoms with Crippen molar-refractivity contribution >= 4 is 18.0 Å². The van der Waals surface area contributed by atoms with Crippen LogP contribution in [0.5, 0.6) is 5.75 Å². The van der Waals surface area contributed by atoms with Crippen molar-refractivity contribution in [1.82, 2.24) is 10.2 Å². The minimum Gasteiger partial charge on any atom is -0.484 e. The molecule has 0 amide bonds. The number of rotatable bonds is 7. The van der Waals surface area contributed by atoms with Gasteiger partial charge in [-0.2, -0.15) is 0 Å². The Morgan fingerprint density at radius 3 is 2.84 bits per heavy atom. The SMILES string of the molecule is Cc1ccc(OCc2nnc(SCCC=O)o2)cc1. The number of carbonyl (C=O) groups excluding carboxylic acids is 1. The van der Waals surface area contributed by atoms with Crippen molar-refractivity contribution in [2.75, 3.05) is 5.75 Å². The van der Waals surface area contributed by atoms with Crippen LogP contribution >= 0.6 is 11.8 Å². The number of aldehydes is 1. The second kappa shape index (κ2) is 6.94. The van der Waals surface area contributed by atoms with Crippen LogP contribution < -0.4 is 4.74 Å². The van der Waals surface area contributed by atoms with Crippen molar-refractivity contribution in [2.24, 2.45) is 0 Å². The van der Waals surface area contributed by atoms with Crippen molar-refractivity contribution in [3.8, 4) is 5.75 Å². The first-order valence-corrected chi connectivity index (χ1v) is 6.85. The van der Waals surface area contributed by atoms with Crippen molar-refractivity contribution in [3.05, 3.63) is 35.7 Å². The molecule has 0 aliphatic carbocycles. The molecule has 2 rings (SSSR count). The molecular weight excluding hydrogens is 264 g/mol. The molecule has 5 nitrogen and oxygen atoms in total. The van der Waals surface area contributed by atoms with Gasteiger partial charge >= 0.3 is 0 Å². The highest BCUT2D eigenvalue weighted by Gasteiger charge is 2.07. The van der Waals surface area contributed by atoms with Crippen LogP contribution in [-0.2, 0) is 11.4 Å². The molecule has 100 valence electrons. The quantitative estimate of drug-likeness (QED) is 0.440. The van der Waals surface area contributed by atoms with Gasteiger partial charge in [0, 0.05) is 12.2 Å². The molecule has 0 unspecified atom stereocenters. The molecule has 0 aliphatic heterocycles. The van der Waals surface area contributed by atoms with Crippen molar-refractivity contribution < 1.29 is 13.9 Å². The second-order valence-corrected chi connectivity index (χ2v) is 4.91. The Bertz CT molecular complexity index is 525. The van der Waals surface area contributed by atoms with Gasteiger partial charge in [-0.15, -0.1) is 10.2 Å². The third-order valence-corrected chi connectivity index (χ3v) is 3.14. The monoisotopic (exact) mass is 278 g/mol. The van der Waals surface area contributed by atoms with Crippen LogP contribution in [0.15, 0.2) is 33.9 Å². The van der Waals surface area contributed by atoms with E-state index in [-0.39, 0.29) is 6.61 Å². The molecule has 6 heteroatoms. The molecule has 0 saturated carbocycles. The zero-order chi connectivity index (χ0) is 13.5. The third-order valence-electron chi connectivity index (χ3n) is 2.29. The summed E-state index contributed by atoms with van der Waals surface area (Å²) in [5, 5.41) is 8.20. The summed E-state index contributed by atoms with van der Waals surface area (Å²) in [5.41, 5.74) is 1.18. The molecule has 0 atom stereocenters. The molecule has 2 aromatic rings. The first kappa shape index (κ1) is 13.6. The predicted octanol–water partition coefficient (Wildman–Crippen LogP) is 2.64. The fourth-order valence-corrected chi connectivity index (χ4v) is 1.97. The first-order valence-electron chi connectivity index (χ1n) is 5.86. The van der Waals surface area contributed by atoms with Gasteiger partial charge in [0.05, 0.1) is 0 Å². The molecule has 0 bridgehead atoms. The standard InChI is InChI=1S/C13H14N2O3S/c1-10-3-5-11(6-4-10)17-9-12-14-15-13(18-12)19-8-2-7-16/h3-7H,2,8-9H2,1H3. The van der Waals surface area contributed by atoms with Gasteiger partial charge in [0.15, 0.2) is 6.61 Å². The number of ether oxygens (including phenoxy) is 1. The lowest BCUT2D eigenvalue weighted by Gasteiger charge is -2.02. The lowest BCUT2D eigenvalue weighted by Crippen LogP contribution is -1.95. The van der Waals surface area contributed by atoms with Crippen LogP contribution in [0.2, 0.25) is 0 Å². The molecular formula is C13H14N2O3S. The molecule has 0 spiro atoms. The number of thioether (sulfide) groups is 1. The summed E-state index contributed by atoms with van der Waals surface area (Å²) in [4.78, 5) is 10.2. The zero-order valence-electron chi connectivity index (χ0n) is 10.5. The van der Waals surface area contributed by atoms with Gasteiger partial charge in [-0.05, 0) is 19.1 Å². The van der Waals surface area contributed by atoms with E-state index in [1.54, 1.807) is 0 Å². The molecule has 19 heavy (non-hydrogen) atoms. The summed E-state index contributed by atoms with van der Waals surface area (Å²) in [6, 6.07) is 7.74. The van der Waals surface area contributed by atoms with Crippen molar-refractivity contribution in [3.63, 3.8) is 0 Å². The minimum atomic E-state index is 0.240. The number of aryl methyl sites for hydroxylation is 1. The van der Waals surface area contributed by atoms with E-state index in [1.807, 2.05) is 31.2 Å². The predicted molar refractivity (Wildman–Crippen MR) is 71.2 cm³/mol. The summed E-state index contributed by atoms with van der Waals surface area (Å²) < 4.78 is 10.9. The van der Waals surface area contributed by atoms with Gasteiger partial charge in [-0.1, -0.05) is 29.5 Å². The van der Waals surface area contributed by atoms with Gasteiger partial charge in [-0.25, -0.2) is 0 Å². The molecule has 1 aromatic carbocycles. The fraction of sp³-hybridized carbons (Fsp3) is 0.308. The highest BCUT2D eigenvalue weighted by atomic mass is 32.2. The Morgan fingerprint density at radius 2 is 2.11 bits per heavy atom. The number of carbonyl (C=O) groups is 1. The lowest BCUT2D eigenvalue weighted by molar-refractivity contribution is -0.107. The van der Waals surface area contributed by atoms with E-state index >= 15 is 0 Å². The highest BCUT2D eigenvalue weighted by molar-refractivity contribution is 7.99. The maximum Gasteiger partial charge on any atom is 0.276 e. The van der Waals surface area contributed by atoms with Gasteiger partial charge in [0.25, 0.3) is 11.1 Å². The summed E-state index contributed by atoms with van der Waals surface area (Å²) in [7, 11) is 0. The number of hydrogen-bond acceptors (Lipinski definition) is 6. The second-order valence-electron chi connectivity index (χ2n) is 3.87. The summed E-state index contributed by atoms with van der Waals surface area (Å²) >= 11 is 1.36. The van der Waals surface area contributed by atoms with Crippen LogP contribution in [0.25, 0.3) is 0 Å². The summed E-state index contributed by atoms with van der Waals surface area (Å²) in [6.07, 6.45) is 1.34. The number of hydrogen-bond donors (Lipinski definition) is 0. The fourth-order valence-electron chi connectivity index (χ4n) is 1.33. The molecule has 0 saturated heterocycles. The summed E-state index contributed by atoms with van der Waals surface area (Å²) in [6.45, 7) is 2.26. The van der Waals surface area contributed by atoms with Crippen LogP contribution in [0.3, 0.4) is 0 Å². The number of nitrogens with zero attached hydrogens (tertiary/aromatic N) is 2. The topological polar surface area (TPSA) is 65.2 Å². The van der Waals surface area contributed by atoms with E-state index < -0.39 is 0 Å². The molecule has 0 aliphatic rings. The highest BCUT2D eigenvalue weighted by Crippen LogP contribution is 2.18. The molecule has 0 radical (unpaired) electrons. The van der Waals surface area contributed by atoms with Crippen LogP contribution in [0.4, 0.5) is 0 Å². The largest absolute Gasteiger partial charge is 0.484 e. The van der Waals surface area contributed by atoms with E-state index in [9.17, 15) is 4.79 Å². The molecule has 1 heterocycles. The zero-order valence-corrected chi connectivity index (χ0v) is 11.4. The smallest absolute Gasteiger partial charge is 0.276 e. The lowest BCUT2D eigenvalue weighted by atomic mass is 10.2. The molecule has 0 N–H and O–H groups in total. The van der Waals surface area contributed by atoms with E-state index in [1.165, 1.54) is 17.3 Å². The van der Waals surface area contributed by atoms with E-state index in [2.05, 4.69) is 10.2 Å². The maximum atomic E-state index is 10.2. The summed E-state index contributed by atoms with van der Waals surface area (Å²) in [5.74, 6) is 1.83.